The predicted octanol–water partition coefficient (Wildman–Crippen LogP) is 15.8. The lowest BCUT2D eigenvalue weighted by molar-refractivity contribution is 0.668. The van der Waals surface area contributed by atoms with Crippen LogP contribution in [0.25, 0.3) is 127 Å². The maximum absolute atomic E-state index is 6.35. The van der Waals surface area contributed by atoms with Gasteiger partial charge in [-0.1, -0.05) is 115 Å². The molecule has 13 aromatic rings. The van der Waals surface area contributed by atoms with Gasteiger partial charge in [-0.05, 0) is 140 Å². The van der Waals surface area contributed by atoms with Crippen molar-refractivity contribution in [2.45, 2.75) is 0 Å². The number of benzene rings is 10. The fourth-order valence-electron chi connectivity index (χ4n) is 9.51. The predicted molar refractivity (Wildman–Crippen MR) is 246 cm³/mol. The quantitative estimate of drug-likeness (QED) is 0.164. The third kappa shape index (κ3) is 4.95. The topological polar surface area (TPSA) is 31.2 Å². The Kier molecular flexibility index (Phi) is 6.72. The van der Waals surface area contributed by atoms with Gasteiger partial charge in [0.25, 0.3) is 0 Å². The van der Waals surface area contributed by atoms with Crippen LogP contribution < -0.4 is 0 Å². The molecule has 13 rings (SSSR count). The molecule has 0 aliphatic carbocycles. The van der Waals surface area contributed by atoms with Crippen LogP contribution >= 0.6 is 0 Å². The first-order valence-corrected chi connectivity index (χ1v) is 20.1. The SMILES string of the molecule is c1ccc(-n2c3cccc4ccc5cc(-c6ccc(-c7cc(-c8ccc9c(c8)oc8ccccc89)cc(-c8ccc9c(c8)oc8ccccc89)c7)cc6)cc2c5c43)cc1. The first-order valence-electron chi connectivity index (χ1n) is 20.1. The van der Waals surface area contributed by atoms with E-state index in [1.807, 2.05) is 24.3 Å². The minimum Gasteiger partial charge on any atom is -0.456 e. The average molecular weight is 752 g/mol. The Morgan fingerprint density at radius 3 is 1.39 bits per heavy atom. The van der Waals surface area contributed by atoms with Gasteiger partial charge < -0.3 is 13.4 Å². The Balaban J connectivity index is 0.955. The summed E-state index contributed by atoms with van der Waals surface area (Å²) in [6, 6.07) is 72.2. The van der Waals surface area contributed by atoms with Crippen LogP contribution in [0.15, 0.2) is 209 Å². The second-order valence-electron chi connectivity index (χ2n) is 15.7. The molecule has 0 atom stereocenters. The summed E-state index contributed by atoms with van der Waals surface area (Å²) in [6.07, 6.45) is 0. The van der Waals surface area contributed by atoms with E-state index < -0.39 is 0 Å². The maximum Gasteiger partial charge on any atom is 0.136 e. The Morgan fingerprint density at radius 2 is 0.763 bits per heavy atom. The molecule has 3 nitrogen and oxygen atoms in total. The van der Waals surface area contributed by atoms with Gasteiger partial charge in [-0.15, -0.1) is 0 Å². The summed E-state index contributed by atoms with van der Waals surface area (Å²) < 4.78 is 15.1. The van der Waals surface area contributed by atoms with Crippen LogP contribution in [-0.2, 0) is 0 Å². The van der Waals surface area contributed by atoms with Crippen LogP contribution in [0.4, 0.5) is 0 Å². The normalized spacial score (nSPS) is 12.1. The zero-order valence-corrected chi connectivity index (χ0v) is 31.8. The van der Waals surface area contributed by atoms with E-state index in [1.54, 1.807) is 0 Å². The van der Waals surface area contributed by atoms with Crippen LogP contribution in [0.5, 0.6) is 0 Å². The monoisotopic (exact) mass is 751 g/mol. The molecule has 0 saturated carbocycles. The first-order chi connectivity index (χ1) is 29.2. The largest absolute Gasteiger partial charge is 0.456 e. The molecule has 274 valence electrons. The molecule has 0 amide bonds. The Morgan fingerprint density at radius 1 is 0.271 bits per heavy atom. The lowest BCUT2D eigenvalue weighted by Gasteiger charge is -2.13. The van der Waals surface area contributed by atoms with Crippen LogP contribution in [0.1, 0.15) is 0 Å². The molecule has 0 aliphatic rings. The van der Waals surface area contributed by atoms with Gasteiger partial charge in [-0.3, -0.25) is 0 Å². The van der Waals surface area contributed by atoms with E-state index in [-0.39, 0.29) is 0 Å². The Labute approximate surface area is 338 Å². The highest BCUT2D eigenvalue weighted by Crippen LogP contribution is 2.42. The van der Waals surface area contributed by atoms with Crippen LogP contribution in [0.2, 0.25) is 0 Å². The lowest BCUT2D eigenvalue weighted by Crippen LogP contribution is -1.93. The van der Waals surface area contributed by atoms with Gasteiger partial charge in [0.1, 0.15) is 22.3 Å². The number of fused-ring (bicyclic) bond motifs is 6. The van der Waals surface area contributed by atoms with Gasteiger partial charge in [0.05, 0.1) is 11.0 Å². The Bertz CT molecular complexity index is 3640. The van der Waals surface area contributed by atoms with E-state index in [0.717, 1.165) is 77.3 Å². The molecule has 0 saturated heterocycles. The molecule has 59 heavy (non-hydrogen) atoms. The summed E-state index contributed by atoms with van der Waals surface area (Å²) in [7, 11) is 0. The van der Waals surface area contributed by atoms with Crippen LogP contribution in [-0.4, -0.2) is 4.57 Å². The van der Waals surface area contributed by atoms with Crippen LogP contribution in [0.3, 0.4) is 0 Å². The van der Waals surface area contributed by atoms with Crippen molar-refractivity contribution < 1.29 is 8.83 Å². The van der Waals surface area contributed by atoms with E-state index in [1.165, 1.54) is 49.4 Å². The molecule has 0 aliphatic heterocycles. The standard InChI is InChI=1S/C56H33NO2/c1-2-10-44(11-3-1)57-49-14-8-9-36-21-22-39-27-43(31-50(57)56(39)55(36)49)35-19-17-34(18-20-35)40-28-41(37-23-25-47-45-12-4-6-15-51(45)58-53(47)32-37)30-42(29-40)38-24-26-48-46-13-5-7-16-52(46)59-54(48)33-38/h1-33H. The Hall–Kier alpha value is -7.88. The van der Waals surface area contributed by atoms with Crippen molar-refractivity contribution in [3.63, 3.8) is 0 Å². The van der Waals surface area contributed by atoms with E-state index in [9.17, 15) is 0 Å². The zero-order chi connectivity index (χ0) is 38.6. The smallest absolute Gasteiger partial charge is 0.136 e. The zero-order valence-electron chi connectivity index (χ0n) is 31.8. The number of furan rings is 2. The van der Waals surface area contributed by atoms with Gasteiger partial charge in [0.15, 0.2) is 0 Å². The summed E-state index contributed by atoms with van der Waals surface area (Å²) in [5.74, 6) is 0. The highest BCUT2D eigenvalue weighted by Gasteiger charge is 2.19. The third-order valence-corrected chi connectivity index (χ3v) is 12.3. The fraction of sp³-hybridized carbons (Fsp3) is 0. The van der Waals surface area contributed by atoms with Gasteiger partial charge in [0.2, 0.25) is 0 Å². The van der Waals surface area contributed by atoms with Crippen molar-refractivity contribution in [3.8, 4) is 50.2 Å². The summed E-state index contributed by atoms with van der Waals surface area (Å²) in [6.45, 7) is 0. The number of hydrogen-bond acceptors (Lipinski definition) is 2. The van der Waals surface area contributed by atoms with Crippen molar-refractivity contribution >= 4 is 76.5 Å². The van der Waals surface area contributed by atoms with Gasteiger partial charge in [-0.25, -0.2) is 0 Å². The molecule has 0 unspecified atom stereocenters. The highest BCUT2D eigenvalue weighted by atomic mass is 16.3. The number of aromatic nitrogens is 1. The van der Waals surface area contributed by atoms with E-state index in [2.05, 4.69) is 180 Å². The number of hydrogen-bond donors (Lipinski definition) is 0. The summed E-state index contributed by atoms with van der Waals surface area (Å²) in [5, 5.41) is 9.66. The first kappa shape index (κ1) is 32.2. The molecule has 10 aromatic carbocycles. The summed E-state index contributed by atoms with van der Waals surface area (Å²) >= 11 is 0. The average Bonchev–Trinajstić information content (AvgIpc) is 3.98. The second-order valence-corrected chi connectivity index (χ2v) is 15.7. The van der Waals surface area contributed by atoms with E-state index in [0.29, 0.717) is 0 Å². The van der Waals surface area contributed by atoms with Gasteiger partial charge in [-0.2, -0.15) is 0 Å². The molecule has 0 spiro atoms. The molecule has 3 heteroatoms. The van der Waals surface area contributed by atoms with Gasteiger partial charge in [0, 0.05) is 38.0 Å². The minimum atomic E-state index is 0.886. The molecule has 3 heterocycles. The molecule has 0 N–H and O–H groups in total. The van der Waals surface area contributed by atoms with Crippen molar-refractivity contribution in [2.75, 3.05) is 0 Å². The van der Waals surface area contributed by atoms with Crippen LogP contribution in [0, 0.1) is 0 Å². The molecule has 3 aromatic heterocycles. The van der Waals surface area contributed by atoms with E-state index >= 15 is 0 Å². The molecule has 0 bridgehead atoms. The maximum atomic E-state index is 6.35. The van der Waals surface area contributed by atoms with Crippen molar-refractivity contribution in [1.29, 1.82) is 0 Å². The molecule has 0 fully saturated rings. The summed E-state index contributed by atoms with van der Waals surface area (Å²) in [4.78, 5) is 0. The van der Waals surface area contributed by atoms with E-state index in [4.69, 9.17) is 8.83 Å². The minimum absolute atomic E-state index is 0.886. The number of rotatable bonds is 5. The highest BCUT2D eigenvalue weighted by molar-refractivity contribution is 6.25. The molecular weight excluding hydrogens is 719 g/mol. The molecular formula is C56H33NO2. The van der Waals surface area contributed by atoms with Crippen molar-refractivity contribution in [2.24, 2.45) is 0 Å². The third-order valence-electron chi connectivity index (χ3n) is 12.3. The number of para-hydroxylation sites is 3. The lowest BCUT2D eigenvalue weighted by atomic mass is 9.91. The fourth-order valence-corrected chi connectivity index (χ4v) is 9.51. The van der Waals surface area contributed by atoms with Crippen molar-refractivity contribution in [3.05, 3.63) is 200 Å². The molecule has 0 radical (unpaired) electrons. The van der Waals surface area contributed by atoms with Crippen molar-refractivity contribution in [1.82, 2.24) is 4.57 Å². The number of nitrogens with zero attached hydrogens (tertiary/aromatic N) is 1. The summed E-state index contributed by atoms with van der Waals surface area (Å²) in [5.41, 5.74) is 16.3. The second kappa shape index (κ2) is 12.3. The van der Waals surface area contributed by atoms with Gasteiger partial charge >= 0.3 is 0 Å².